The predicted molar refractivity (Wildman–Crippen MR) is 60.2 cm³/mol. The number of allylic oxidation sites excluding steroid dienone is 1. The van der Waals surface area contributed by atoms with Gasteiger partial charge in [-0.15, -0.1) is 0 Å². The van der Waals surface area contributed by atoms with Crippen molar-refractivity contribution in [3.8, 4) is 6.07 Å². The van der Waals surface area contributed by atoms with Crippen molar-refractivity contribution in [2.75, 3.05) is 0 Å². The van der Waals surface area contributed by atoms with Crippen LogP contribution in [0.1, 0.15) is 18.1 Å². The molecule has 1 nitrogen and oxygen atoms in total. The molecule has 0 aliphatic carbocycles. The number of halogens is 2. The van der Waals surface area contributed by atoms with E-state index < -0.39 is 0 Å². The second-order valence-corrected chi connectivity index (χ2v) is 3.74. The summed E-state index contributed by atoms with van der Waals surface area (Å²) in [5.41, 5.74) is 2.14. The van der Waals surface area contributed by atoms with Gasteiger partial charge in [0.2, 0.25) is 0 Å². The van der Waals surface area contributed by atoms with Crippen LogP contribution in [0.4, 0.5) is 0 Å². The number of rotatable bonds is 1. The first-order valence-corrected chi connectivity index (χ1v) is 4.85. The average molecular weight is 226 g/mol. The first-order chi connectivity index (χ1) is 6.57. The third-order valence-corrected chi connectivity index (χ3v) is 2.91. The Morgan fingerprint density at radius 3 is 2.64 bits per heavy atom. The highest BCUT2D eigenvalue weighted by molar-refractivity contribution is 6.51. The summed E-state index contributed by atoms with van der Waals surface area (Å²) in [5, 5.41) is 9.71. The molecule has 0 N–H and O–H groups in total. The number of nitriles is 1. The highest BCUT2D eigenvalue weighted by Crippen LogP contribution is 2.31. The van der Waals surface area contributed by atoms with Crippen LogP contribution in [0.2, 0.25) is 5.02 Å². The fourth-order valence-corrected chi connectivity index (χ4v) is 1.54. The molecule has 1 rings (SSSR count). The average Bonchev–Trinajstić information content (AvgIpc) is 2.20. The molecular weight excluding hydrogens is 217 g/mol. The van der Waals surface area contributed by atoms with Gasteiger partial charge in [0.15, 0.2) is 0 Å². The fourth-order valence-electron chi connectivity index (χ4n) is 1.07. The zero-order valence-electron chi connectivity index (χ0n) is 7.94. The third-order valence-electron chi connectivity index (χ3n) is 1.93. The van der Waals surface area contributed by atoms with Crippen LogP contribution in [0.15, 0.2) is 23.8 Å². The number of nitrogens with zero attached hydrogens (tertiary/aromatic N) is 1. The first-order valence-electron chi connectivity index (χ1n) is 4.10. The second kappa shape index (κ2) is 4.50. The quantitative estimate of drug-likeness (QED) is 0.660. The van der Waals surface area contributed by atoms with Gasteiger partial charge in [0, 0.05) is 11.1 Å². The van der Waals surface area contributed by atoms with Crippen LogP contribution < -0.4 is 0 Å². The zero-order valence-corrected chi connectivity index (χ0v) is 9.45. The zero-order chi connectivity index (χ0) is 10.7. The summed E-state index contributed by atoms with van der Waals surface area (Å²) in [5.74, 6) is 0. The molecule has 72 valence electrons. The van der Waals surface area contributed by atoms with Crippen molar-refractivity contribution in [3.05, 3.63) is 39.9 Å². The molecule has 3 heteroatoms. The van der Waals surface area contributed by atoms with Crippen LogP contribution in [0.5, 0.6) is 0 Å². The smallest absolute Gasteiger partial charge is 0.0959 e. The van der Waals surface area contributed by atoms with E-state index in [4.69, 9.17) is 28.5 Å². The maximum atomic E-state index is 8.69. The van der Waals surface area contributed by atoms with E-state index >= 15 is 0 Å². The van der Waals surface area contributed by atoms with Gasteiger partial charge in [-0.1, -0.05) is 41.4 Å². The van der Waals surface area contributed by atoms with Crippen LogP contribution in [0, 0.1) is 18.3 Å². The SMILES string of the molecule is C/C(C#N)=C(/Cl)c1cccc(C)c1Cl. The Bertz CT molecular complexity index is 427. The van der Waals surface area contributed by atoms with Crippen molar-refractivity contribution in [2.45, 2.75) is 13.8 Å². The Balaban J connectivity index is 3.36. The van der Waals surface area contributed by atoms with Crippen molar-refractivity contribution in [2.24, 2.45) is 0 Å². The molecule has 0 saturated carbocycles. The van der Waals surface area contributed by atoms with Gasteiger partial charge < -0.3 is 0 Å². The highest BCUT2D eigenvalue weighted by atomic mass is 35.5. The van der Waals surface area contributed by atoms with Gasteiger partial charge in [-0.25, -0.2) is 0 Å². The lowest BCUT2D eigenvalue weighted by Gasteiger charge is -2.05. The minimum Gasteiger partial charge on any atom is -0.193 e. The standard InChI is InChI=1S/C11H9Cl2N/c1-7-4-3-5-9(10(7)12)11(13)8(2)6-14/h3-5H,1-2H3/b11-8-. The molecule has 1 aromatic rings. The minimum atomic E-state index is 0.418. The van der Waals surface area contributed by atoms with Gasteiger partial charge in [0.25, 0.3) is 0 Å². The fraction of sp³-hybridized carbons (Fsp3) is 0.182. The van der Waals surface area contributed by atoms with E-state index in [1.54, 1.807) is 13.0 Å². The third kappa shape index (κ3) is 2.09. The minimum absolute atomic E-state index is 0.418. The summed E-state index contributed by atoms with van der Waals surface area (Å²) < 4.78 is 0. The molecule has 1 aromatic carbocycles. The van der Waals surface area contributed by atoms with E-state index in [2.05, 4.69) is 0 Å². The lowest BCUT2D eigenvalue weighted by Crippen LogP contribution is -1.85. The van der Waals surface area contributed by atoms with Crippen molar-refractivity contribution in [1.82, 2.24) is 0 Å². The molecule has 0 aromatic heterocycles. The largest absolute Gasteiger partial charge is 0.193 e. The summed E-state index contributed by atoms with van der Waals surface area (Å²) >= 11 is 12.1. The number of hydrogen-bond acceptors (Lipinski definition) is 1. The molecule has 0 heterocycles. The van der Waals surface area contributed by atoms with Crippen LogP contribution in [-0.4, -0.2) is 0 Å². The Labute approximate surface area is 93.6 Å². The van der Waals surface area contributed by atoms with Gasteiger partial charge >= 0.3 is 0 Å². The molecule has 0 spiro atoms. The Kier molecular flexibility index (Phi) is 3.57. The number of aryl methyl sites for hydroxylation is 1. The van der Waals surface area contributed by atoms with E-state index in [0.29, 0.717) is 21.2 Å². The lowest BCUT2D eigenvalue weighted by atomic mass is 10.1. The van der Waals surface area contributed by atoms with Crippen molar-refractivity contribution in [1.29, 1.82) is 5.26 Å². The summed E-state index contributed by atoms with van der Waals surface area (Å²) in [7, 11) is 0. The molecule has 0 bridgehead atoms. The maximum Gasteiger partial charge on any atom is 0.0959 e. The van der Waals surface area contributed by atoms with E-state index in [9.17, 15) is 0 Å². The van der Waals surface area contributed by atoms with Crippen molar-refractivity contribution >= 4 is 28.2 Å². The normalized spacial score (nSPS) is 11.9. The molecule has 14 heavy (non-hydrogen) atoms. The van der Waals surface area contributed by atoms with Crippen LogP contribution in [0.25, 0.3) is 5.03 Å². The second-order valence-electron chi connectivity index (χ2n) is 2.99. The molecule has 0 atom stereocenters. The molecule has 0 radical (unpaired) electrons. The highest BCUT2D eigenvalue weighted by Gasteiger charge is 2.08. The van der Waals surface area contributed by atoms with Gasteiger partial charge in [-0.3, -0.25) is 0 Å². The predicted octanol–water partition coefficient (Wildman–Crippen LogP) is 4.14. The Morgan fingerprint density at radius 1 is 1.43 bits per heavy atom. The number of benzene rings is 1. The molecule has 0 aliphatic heterocycles. The summed E-state index contributed by atoms with van der Waals surface area (Å²) in [6.07, 6.45) is 0. The summed E-state index contributed by atoms with van der Waals surface area (Å²) in [6, 6.07) is 7.57. The lowest BCUT2D eigenvalue weighted by molar-refractivity contribution is 1.43. The van der Waals surface area contributed by atoms with Crippen LogP contribution >= 0.6 is 23.2 Å². The maximum absolute atomic E-state index is 8.69. The van der Waals surface area contributed by atoms with Crippen molar-refractivity contribution in [3.63, 3.8) is 0 Å². The Hall–Kier alpha value is -0.970. The monoisotopic (exact) mass is 225 g/mol. The van der Waals surface area contributed by atoms with E-state index in [-0.39, 0.29) is 0 Å². The van der Waals surface area contributed by atoms with Gasteiger partial charge in [0.1, 0.15) is 0 Å². The molecule has 0 aliphatic rings. The van der Waals surface area contributed by atoms with Gasteiger partial charge in [0.05, 0.1) is 16.1 Å². The van der Waals surface area contributed by atoms with E-state index in [1.165, 1.54) is 0 Å². The van der Waals surface area contributed by atoms with Gasteiger partial charge in [-0.05, 0) is 19.4 Å². The van der Waals surface area contributed by atoms with E-state index in [1.807, 2.05) is 25.1 Å². The van der Waals surface area contributed by atoms with E-state index in [0.717, 1.165) is 5.56 Å². The Morgan fingerprint density at radius 2 is 2.07 bits per heavy atom. The van der Waals surface area contributed by atoms with Crippen molar-refractivity contribution < 1.29 is 0 Å². The molecule has 0 fully saturated rings. The summed E-state index contributed by atoms with van der Waals surface area (Å²) in [6.45, 7) is 3.57. The van der Waals surface area contributed by atoms with Crippen LogP contribution in [0.3, 0.4) is 0 Å². The molecular formula is C11H9Cl2N. The number of hydrogen-bond donors (Lipinski definition) is 0. The first kappa shape index (κ1) is 11.1. The molecule has 0 amide bonds. The molecule has 0 unspecified atom stereocenters. The van der Waals surface area contributed by atoms with Crippen LogP contribution in [-0.2, 0) is 0 Å². The summed E-state index contributed by atoms with van der Waals surface area (Å²) in [4.78, 5) is 0. The topological polar surface area (TPSA) is 23.8 Å². The molecule has 0 saturated heterocycles. The van der Waals surface area contributed by atoms with Gasteiger partial charge in [-0.2, -0.15) is 5.26 Å².